The van der Waals surface area contributed by atoms with Crippen molar-refractivity contribution in [3.05, 3.63) is 33.9 Å². The number of hydrogen-bond donors (Lipinski definition) is 2. The van der Waals surface area contributed by atoms with Crippen LogP contribution in [0.2, 0.25) is 0 Å². The number of sulfonamides is 1. The number of aromatic nitrogens is 4. The fourth-order valence-corrected chi connectivity index (χ4v) is 6.64. The van der Waals surface area contributed by atoms with E-state index in [0.717, 1.165) is 33.9 Å². The average Bonchev–Trinajstić information content (AvgIpc) is 3.32. The first-order chi connectivity index (χ1) is 16.4. The summed E-state index contributed by atoms with van der Waals surface area (Å²) in [4.78, 5) is 1.47. The molecule has 0 bridgehead atoms. The summed E-state index contributed by atoms with van der Waals surface area (Å²) in [5.74, 6) is -0.00545. The van der Waals surface area contributed by atoms with Gasteiger partial charge in [-0.3, -0.25) is 15.1 Å². The Bertz CT molecular complexity index is 1150. The summed E-state index contributed by atoms with van der Waals surface area (Å²) in [6.45, 7) is 6.08. The molecular formula is C22H32ClF3N6O2S. The maximum atomic E-state index is 13.4. The molecule has 196 valence electrons. The SMILES string of the molecule is CC(C)c1n[nH]c2c1CN(CC(F)(F)F)CC(CC(C)c1n[nH]c3c1CN(S(=O)(=O)CCl)CC3)C2. The Morgan fingerprint density at radius 2 is 1.74 bits per heavy atom. The summed E-state index contributed by atoms with van der Waals surface area (Å²) in [5.41, 5.74) is 5.13. The first-order valence-corrected chi connectivity index (χ1v) is 14.0. The van der Waals surface area contributed by atoms with Crippen LogP contribution in [0.15, 0.2) is 0 Å². The molecule has 4 heterocycles. The fourth-order valence-electron chi connectivity index (χ4n) is 5.40. The van der Waals surface area contributed by atoms with Gasteiger partial charge in [0, 0.05) is 61.0 Å². The maximum Gasteiger partial charge on any atom is 0.401 e. The van der Waals surface area contributed by atoms with E-state index < -0.39 is 28.0 Å². The topological polar surface area (TPSA) is 98.0 Å². The first-order valence-electron chi connectivity index (χ1n) is 11.8. The molecule has 0 aromatic carbocycles. The van der Waals surface area contributed by atoms with Gasteiger partial charge in [0.05, 0.1) is 17.9 Å². The molecule has 0 amide bonds. The smallest absolute Gasteiger partial charge is 0.290 e. The Morgan fingerprint density at radius 1 is 1.09 bits per heavy atom. The molecule has 2 aliphatic rings. The largest absolute Gasteiger partial charge is 0.401 e. The molecule has 8 nitrogen and oxygen atoms in total. The summed E-state index contributed by atoms with van der Waals surface area (Å²) in [6, 6.07) is 0. The lowest BCUT2D eigenvalue weighted by Gasteiger charge is -2.28. The number of H-pyrrole nitrogens is 2. The van der Waals surface area contributed by atoms with Gasteiger partial charge in [0.15, 0.2) is 0 Å². The van der Waals surface area contributed by atoms with E-state index in [2.05, 4.69) is 20.4 Å². The molecule has 2 aliphatic heterocycles. The van der Waals surface area contributed by atoms with Gasteiger partial charge in [-0.1, -0.05) is 20.8 Å². The number of halogens is 4. The van der Waals surface area contributed by atoms with Crippen molar-refractivity contribution in [1.82, 2.24) is 29.6 Å². The molecule has 0 radical (unpaired) electrons. The molecule has 13 heteroatoms. The molecule has 2 N–H and O–H groups in total. The van der Waals surface area contributed by atoms with E-state index in [4.69, 9.17) is 11.6 Å². The van der Waals surface area contributed by atoms with E-state index in [1.807, 2.05) is 20.8 Å². The first kappa shape index (κ1) is 26.4. The lowest BCUT2D eigenvalue weighted by Crippen LogP contribution is -2.37. The lowest BCUT2D eigenvalue weighted by atomic mass is 9.87. The summed E-state index contributed by atoms with van der Waals surface area (Å²) < 4.78 is 66.0. The second-order valence-corrected chi connectivity index (χ2v) is 12.6. The second kappa shape index (κ2) is 10.0. The number of aromatic amines is 2. The normalized spacial score (nSPS) is 21.1. The Labute approximate surface area is 208 Å². The van der Waals surface area contributed by atoms with Crippen LogP contribution in [-0.2, 0) is 36.0 Å². The zero-order chi connectivity index (χ0) is 25.5. The van der Waals surface area contributed by atoms with Gasteiger partial charge in [-0.15, -0.1) is 11.6 Å². The van der Waals surface area contributed by atoms with Gasteiger partial charge in [0.1, 0.15) is 5.21 Å². The molecule has 2 aromatic heterocycles. The van der Waals surface area contributed by atoms with Crippen LogP contribution >= 0.6 is 11.6 Å². The van der Waals surface area contributed by atoms with E-state index in [-0.39, 0.29) is 30.8 Å². The minimum atomic E-state index is -4.29. The molecule has 0 saturated carbocycles. The molecule has 2 atom stereocenters. The molecule has 35 heavy (non-hydrogen) atoms. The average molecular weight is 537 g/mol. The molecule has 0 aliphatic carbocycles. The lowest BCUT2D eigenvalue weighted by molar-refractivity contribution is -0.148. The minimum Gasteiger partial charge on any atom is -0.290 e. The highest BCUT2D eigenvalue weighted by Crippen LogP contribution is 2.35. The molecule has 0 spiro atoms. The van der Waals surface area contributed by atoms with E-state index >= 15 is 0 Å². The molecule has 0 fully saturated rings. The molecule has 2 aromatic rings. The molecule has 2 unspecified atom stereocenters. The Kier molecular flexibility index (Phi) is 7.57. The summed E-state index contributed by atoms with van der Waals surface area (Å²) >= 11 is 5.65. The Hall–Kier alpha value is -1.63. The third-order valence-corrected chi connectivity index (χ3v) is 9.14. The van der Waals surface area contributed by atoms with Crippen LogP contribution in [0.1, 0.15) is 72.9 Å². The number of fused-ring (bicyclic) bond motifs is 2. The maximum absolute atomic E-state index is 13.4. The number of nitrogens with zero attached hydrogens (tertiary/aromatic N) is 4. The van der Waals surface area contributed by atoms with Crippen LogP contribution in [-0.4, -0.2) is 69.0 Å². The van der Waals surface area contributed by atoms with Crippen LogP contribution in [0, 0.1) is 5.92 Å². The van der Waals surface area contributed by atoms with Gasteiger partial charge in [0.25, 0.3) is 0 Å². The van der Waals surface area contributed by atoms with Crippen molar-refractivity contribution < 1.29 is 21.6 Å². The molecule has 4 rings (SSSR count). The summed E-state index contributed by atoms with van der Waals surface area (Å²) in [6.07, 6.45) is -2.55. The van der Waals surface area contributed by atoms with Crippen LogP contribution in [0.5, 0.6) is 0 Å². The standard InChI is InChI=1S/C22H32ClF3N6O2S/c1-13(2)20-16-9-31(11-22(24,25)26)8-15(7-19(16)28-29-20)6-14(3)21-17-10-32(35(33,34)12-23)5-4-18(17)27-30-21/h13-15H,4-12H2,1-3H3,(H,27,30)(H,28,29). The van der Waals surface area contributed by atoms with Gasteiger partial charge >= 0.3 is 6.18 Å². The zero-order valence-corrected chi connectivity index (χ0v) is 21.7. The zero-order valence-electron chi connectivity index (χ0n) is 20.1. The molecular weight excluding hydrogens is 505 g/mol. The number of rotatable bonds is 7. The van der Waals surface area contributed by atoms with Crippen molar-refractivity contribution in [2.24, 2.45) is 5.92 Å². The second-order valence-electron chi connectivity index (χ2n) is 10.1. The highest BCUT2D eigenvalue weighted by atomic mass is 35.5. The number of hydrogen-bond acceptors (Lipinski definition) is 5. The molecule has 0 saturated heterocycles. The quantitative estimate of drug-likeness (QED) is 0.523. The minimum absolute atomic E-state index is 0.0484. The number of alkyl halides is 4. The third kappa shape index (κ3) is 5.86. The third-order valence-electron chi connectivity index (χ3n) is 6.94. The van der Waals surface area contributed by atoms with E-state index in [1.165, 1.54) is 9.21 Å². The van der Waals surface area contributed by atoms with Crippen molar-refractivity contribution in [3.63, 3.8) is 0 Å². The van der Waals surface area contributed by atoms with Gasteiger partial charge in [-0.2, -0.15) is 27.7 Å². The van der Waals surface area contributed by atoms with Crippen molar-refractivity contribution in [2.75, 3.05) is 24.8 Å². The van der Waals surface area contributed by atoms with Crippen LogP contribution in [0.4, 0.5) is 13.2 Å². The van der Waals surface area contributed by atoms with Gasteiger partial charge < -0.3 is 0 Å². The number of nitrogens with one attached hydrogen (secondary N) is 2. The highest BCUT2D eigenvalue weighted by molar-refractivity contribution is 7.90. The van der Waals surface area contributed by atoms with Crippen molar-refractivity contribution in [3.8, 4) is 0 Å². The summed E-state index contributed by atoms with van der Waals surface area (Å²) in [7, 11) is -3.55. The van der Waals surface area contributed by atoms with Crippen molar-refractivity contribution in [2.45, 2.75) is 71.1 Å². The van der Waals surface area contributed by atoms with Gasteiger partial charge in [-0.25, -0.2) is 8.42 Å². The van der Waals surface area contributed by atoms with Crippen LogP contribution in [0.25, 0.3) is 0 Å². The highest BCUT2D eigenvalue weighted by Gasteiger charge is 2.36. The monoisotopic (exact) mass is 536 g/mol. The van der Waals surface area contributed by atoms with E-state index in [1.54, 1.807) is 0 Å². The predicted octanol–water partition coefficient (Wildman–Crippen LogP) is 3.87. The Morgan fingerprint density at radius 3 is 2.40 bits per heavy atom. The van der Waals surface area contributed by atoms with Crippen LogP contribution in [0.3, 0.4) is 0 Å². The van der Waals surface area contributed by atoms with Gasteiger partial charge in [0.2, 0.25) is 10.0 Å². The van der Waals surface area contributed by atoms with Crippen molar-refractivity contribution in [1.29, 1.82) is 0 Å². The van der Waals surface area contributed by atoms with Crippen molar-refractivity contribution >= 4 is 21.6 Å². The fraction of sp³-hybridized carbons (Fsp3) is 0.727. The Balaban J connectivity index is 1.56. The summed E-state index contributed by atoms with van der Waals surface area (Å²) in [5, 5.41) is 14.5. The van der Waals surface area contributed by atoms with E-state index in [9.17, 15) is 21.6 Å². The van der Waals surface area contributed by atoms with Crippen LogP contribution < -0.4 is 0 Å². The predicted molar refractivity (Wildman–Crippen MR) is 127 cm³/mol. The van der Waals surface area contributed by atoms with Gasteiger partial charge in [-0.05, 0) is 24.7 Å². The van der Waals surface area contributed by atoms with E-state index in [0.29, 0.717) is 32.4 Å².